The molecule has 0 aliphatic rings. The monoisotopic (exact) mass is 476 g/mol. The minimum Gasteiger partial charge on any atom is -0.494 e. The Hall–Kier alpha value is -3.45. The first-order valence-corrected chi connectivity index (χ1v) is 10.7. The van der Waals surface area contributed by atoms with Crippen LogP contribution in [0.25, 0.3) is 17.1 Å². The van der Waals surface area contributed by atoms with E-state index in [1.807, 2.05) is 74.5 Å². The average molecular weight is 477 g/mol. The minimum absolute atomic E-state index is 0.0910. The first-order chi connectivity index (χ1) is 15.0. The van der Waals surface area contributed by atoms with Crippen molar-refractivity contribution in [1.82, 2.24) is 14.8 Å². The number of rotatable bonds is 6. The van der Waals surface area contributed by atoms with Gasteiger partial charge in [0.05, 0.1) is 12.3 Å². The maximum Gasteiger partial charge on any atom is 0.295 e. The van der Waals surface area contributed by atoms with Crippen LogP contribution < -0.4 is 10.1 Å². The molecular weight excluding hydrogens is 456 g/mol. The topological polar surface area (TPSA) is 69.0 Å². The first kappa shape index (κ1) is 20.8. The smallest absolute Gasteiger partial charge is 0.295 e. The minimum atomic E-state index is -0.381. The van der Waals surface area contributed by atoms with E-state index in [0.29, 0.717) is 18.1 Å². The lowest BCUT2D eigenvalue weighted by molar-refractivity contribution is 0.101. The third-order valence-electron chi connectivity index (χ3n) is 4.58. The lowest BCUT2D eigenvalue weighted by Crippen LogP contribution is -2.14. The molecule has 0 saturated carbocycles. The molecule has 6 nitrogen and oxygen atoms in total. The second-order valence-corrected chi connectivity index (χ2v) is 7.84. The van der Waals surface area contributed by atoms with Crippen molar-refractivity contribution in [2.75, 3.05) is 11.9 Å². The highest BCUT2D eigenvalue weighted by Gasteiger charge is 2.19. The number of nitrogens with zero attached hydrogens (tertiary/aromatic N) is 3. The van der Waals surface area contributed by atoms with Gasteiger partial charge in [-0.05, 0) is 67.9 Å². The van der Waals surface area contributed by atoms with Crippen LogP contribution in [0.15, 0.2) is 77.3 Å². The van der Waals surface area contributed by atoms with Gasteiger partial charge in [0.2, 0.25) is 5.82 Å². The number of benzene rings is 3. The van der Waals surface area contributed by atoms with Crippen LogP contribution in [0, 0.1) is 6.92 Å². The number of hydrogen-bond acceptors (Lipinski definition) is 4. The van der Waals surface area contributed by atoms with Gasteiger partial charge in [-0.15, -0.1) is 5.10 Å². The van der Waals surface area contributed by atoms with E-state index in [1.165, 1.54) is 0 Å². The summed E-state index contributed by atoms with van der Waals surface area (Å²) in [7, 11) is 0. The van der Waals surface area contributed by atoms with E-state index in [1.54, 1.807) is 16.8 Å². The van der Waals surface area contributed by atoms with Gasteiger partial charge in [0.15, 0.2) is 5.82 Å². The Kier molecular flexibility index (Phi) is 6.13. The molecule has 0 saturated heterocycles. The third kappa shape index (κ3) is 4.83. The molecule has 0 bridgehead atoms. The van der Waals surface area contributed by atoms with Gasteiger partial charge in [-0.1, -0.05) is 40.2 Å². The van der Waals surface area contributed by atoms with E-state index in [0.717, 1.165) is 27.0 Å². The number of anilines is 1. The molecule has 4 aromatic rings. The third-order valence-corrected chi connectivity index (χ3v) is 5.11. The summed E-state index contributed by atoms with van der Waals surface area (Å²) < 4.78 is 8.10. The molecule has 0 fully saturated rings. The Balaban J connectivity index is 1.68. The van der Waals surface area contributed by atoms with E-state index in [9.17, 15) is 4.79 Å². The van der Waals surface area contributed by atoms with Crippen molar-refractivity contribution in [3.05, 3.63) is 88.7 Å². The van der Waals surface area contributed by atoms with Crippen LogP contribution in [0.3, 0.4) is 0 Å². The number of amides is 1. The molecule has 1 N–H and O–H groups in total. The van der Waals surface area contributed by atoms with Gasteiger partial charge in [-0.2, -0.15) is 0 Å². The molecule has 1 heterocycles. The molecule has 7 heteroatoms. The number of aromatic nitrogens is 3. The Labute approximate surface area is 189 Å². The highest BCUT2D eigenvalue weighted by molar-refractivity contribution is 9.10. The number of nitrogens with one attached hydrogen (secondary N) is 1. The molecule has 31 heavy (non-hydrogen) atoms. The highest BCUT2D eigenvalue weighted by Crippen LogP contribution is 2.24. The van der Waals surface area contributed by atoms with E-state index < -0.39 is 0 Å². The lowest BCUT2D eigenvalue weighted by atomic mass is 10.2. The fourth-order valence-corrected chi connectivity index (χ4v) is 3.39. The molecule has 0 spiro atoms. The van der Waals surface area contributed by atoms with Crippen molar-refractivity contribution < 1.29 is 9.53 Å². The Morgan fingerprint density at radius 3 is 2.48 bits per heavy atom. The SMILES string of the molecule is CCOc1ccc(NC(=O)c2nc(-c3ccc(Br)cc3)n(-c3cccc(C)c3)n2)cc1. The molecule has 0 aliphatic heterocycles. The van der Waals surface area contributed by atoms with E-state index >= 15 is 0 Å². The zero-order chi connectivity index (χ0) is 21.8. The lowest BCUT2D eigenvalue weighted by Gasteiger charge is -2.07. The molecule has 0 aliphatic carbocycles. The number of ether oxygens (including phenoxy) is 1. The summed E-state index contributed by atoms with van der Waals surface area (Å²) in [5.74, 6) is 1.05. The van der Waals surface area contributed by atoms with Gasteiger partial charge in [-0.25, -0.2) is 9.67 Å². The zero-order valence-corrected chi connectivity index (χ0v) is 18.8. The van der Waals surface area contributed by atoms with Crippen LogP contribution >= 0.6 is 15.9 Å². The second kappa shape index (κ2) is 9.14. The van der Waals surface area contributed by atoms with Crippen LogP contribution in [0.5, 0.6) is 5.75 Å². The van der Waals surface area contributed by atoms with Crippen LogP contribution in [0.1, 0.15) is 23.1 Å². The number of aryl methyl sites for hydroxylation is 1. The molecule has 3 aromatic carbocycles. The summed E-state index contributed by atoms with van der Waals surface area (Å²) in [5.41, 5.74) is 3.43. The Bertz CT molecular complexity index is 1200. The van der Waals surface area contributed by atoms with Gasteiger partial charge < -0.3 is 10.1 Å². The standard InChI is InChI=1S/C24H21BrN4O2/c1-3-31-21-13-11-19(12-14-21)26-24(30)22-27-23(17-7-9-18(25)10-8-17)29(28-22)20-6-4-5-16(2)15-20/h4-15H,3H2,1-2H3,(H,26,30). The van der Waals surface area contributed by atoms with Crippen molar-refractivity contribution in [2.24, 2.45) is 0 Å². The van der Waals surface area contributed by atoms with Crippen molar-refractivity contribution >= 4 is 27.5 Å². The quantitative estimate of drug-likeness (QED) is 0.389. The van der Waals surface area contributed by atoms with Crippen molar-refractivity contribution in [3.63, 3.8) is 0 Å². The van der Waals surface area contributed by atoms with E-state index in [2.05, 4.69) is 31.3 Å². The molecule has 1 aromatic heterocycles. The van der Waals surface area contributed by atoms with Crippen molar-refractivity contribution in [2.45, 2.75) is 13.8 Å². The fourth-order valence-electron chi connectivity index (χ4n) is 3.12. The van der Waals surface area contributed by atoms with Crippen LogP contribution in [-0.2, 0) is 0 Å². The van der Waals surface area contributed by atoms with Crippen molar-refractivity contribution in [1.29, 1.82) is 0 Å². The average Bonchev–Trinajstić information content (AvgIpc) is 3.22. The number of hydrogen-bond donors (Lipinski definition) is 1. The van der Waals surface area contributed by atoms with Gasteiger partial charge in [-0.3, -0.25) is 4.79 Å². The summed E-state index contributed by atoms with van der Waals surface area (Å²) in [6, 6.07) is 22.9. The largest absolute Gasteiger partial charge is 0.494 e. The molecule has 0 unspecified atom stereocenters. The predicted molar refractivity (Wildman–Crippen MR) is 125 cm³/mol. The van der Waals surface area contributed by atoms with Gasteiger partial charge in [0, 0.05) is 15.7 Å². The fraction of sp³-hybridized carbons (Fsp3) is 0.125. The van der Waals surface area contributed by atoms with Gasteiger partial charge in [0.1, 0.15) is 5.75 Å². The van der Waals surface area contributed by atoms with Crippen LogP contribution in [-0.4, -0.2) is 27.3 Å². The number of carbonyl (C=O) groups excluding carboxylic acids is 1. The molecule has 156 valence electrons. The maximum atomic E-state index is 12.9. The zero-order valence-electron chi connectivity index (χ0n) is 17.2. The summed E-state index contributed by atoms with van der Waals surface area (Å²) >= 11 is 3.46. The second-order valence-electron chi connectivity index (χ2n) is 6.93. The Morgan fingerprint density at radius 1 is 1.06 bits per heavy atom. The number of carbonyl (C=O) groups is 1. The van der Waals surface area contributed by atoms with Gasteiger partial charge >= 0.3 is 0 Å². The van der Waals surface area contributed by atoms with Crippen LogP contribution in [0.4, 0.5) is 5.69 Å². The molecule has 0 radical (unpaired) electrons. The molecule has 4 rings (SSSR count). The summed E-state index contributed by atoms with van der Waals surface area (Å²) in [6.45, 7) is 4.53. The summed E-state index contributed by atoms with van der Waals surface area (Å²) in [5, 5.41) is 7.37. The number of halogens is 1. The Morgan fingerprint density at radius 2 is 1.81 bits per heavy atom. The molecule has 0 atom stereocenters. The summed E-state index contributed by atoms with van der Waals surface area (Å²) in [6.07, 6.45) is 0. The van der Waals surface area contributed by atoms with E-state index in [4.69, 9.17) is 4.74 Å². The first-order valence-electron chi connectivity index (χ1n) is 9.88. The normalized spacial score (nSPS) is 10.7. The molecule has 1 amide bonds. The van der Waals surface area contributed by atoms with E-state index in [-0.39, 0.29) is 11.7 Å². The highest BCUT2D eigenvalue weighted by atomic mass is 79.9. The molecular formula is C24H21BrN4O2. The summed E-state index contributed by atoms with van der Waals surface area (Å²) in [4.78, 5) is 17.4. The van der Waals surface area contributed by atoms with Crippen molar-refractivity contribution in [3.8, 4) is 22.8 Å². The van der Waals surface area contributed by atoms with Crippen LogP contribution in [0.2, 0.25) is 0 Å². The predicted octanol–water partition coefficient (Wildman–Crippen LogP) is 5.66. The van der Waals surface area contributed by atoms with Gasteiger partial charge in [0.25, 0.3) is 5.91 Å². The maximum absolute atomic E-state index is 12.9.